The number of carbonyl (C=O) groups excluding carboxylic acids is 1. The van der Waals surface area contributed by atoms with Gasteiger partial charge in [0.25, 0.3) is 5.91 Å². The minimum Gasteiger partial charge on any atom is -0.399 e. The van der Waals surface area contributed by atoms with Gasteiger partial charge in [0.15, 0.2) is 0 Å². The third kappa shape index (κ3) is 2.82. The molecule has 0 aromatic heterocycles. The summed E-state index contributed by atoms with van der Waals surface area (Å²) in [5.74, 6) is 0.181. The van der Waals surface area contributed by atoms with Gasteiger partial charge in [0.1, 0.15) is 0 Å². The van der Waals surface area contributed by atoms with Crippen molar-refractivity contribution in [3.63, 3.8) is 0 Å². The lowest BCUT2D eigenvalue weighted by molar-refractivity contribution is 0.00578. The third-order valence-corrected chi connectivity index (χ3v) is 6.51. The van der Waals surface area contributed by atoms with E-state index >= 15 is 0 Å². The highest BCUT2D eigenvalue weighted by atomic mass is 16.7. The molecule has 0 spiro atoms. The van der Waals surface area contributed by atoms with Crippen molar-refractivity contribution in [2.24, 2.45) is 0 Å². The van der Waals surface area contributed by atoms with Gasteiger partial charge in [-0.3, -0.25) is 4.79 Å². The van der Waals surface area contributed by atoms with Crippen LogP contribution < -0.4 is 5.46 Å². The molecule has 1 aromatic rings. The molecule has 1 aliphatic carbocycles. The van der Waals surface area contributed by atoms with Gasteiger partial charge in [0, 0.05) is 18.2 Å². The molecule has 1 saturated heterocycles. The second-order valence-electron chi connectivity index (χ2n) is 8.73. The number of rotatable bonds is 2. The van der Waals surface area contributed by atoms with Gasteiger partial charge in [0.05, 0.1) is 11.2 Å². The van der Waals surface area contributed by atoms with E-state index in [1.807, 2.05) is 6.07 Å². The Balaban J connectivity index is 1.57. The van der Waals surface area contributed by atoms with Crippen LogP contribution in [0.3, 0.4) is 0 Å². The summed E-state index contributed by atoms with van der Waals surface area (Å²) in [4.78, 5) is 15.0. The highest BCUT2D eigenvalue weighted by Gasteiger charge is 2.52. The Morgan fingerprint density at radius 1 is 1.04 bits per heavy atom. The maximum absolute atomic E-state index is 13.0. The number of hydrogen-bond donors (Lipinski definition) is 0. The van der Waals surface area contributed by atoms with Crippen LogP contribution in [0, 0.1) is 0 Å². The Morgan fingerprint density at radius 3 is 2.32 bits per heavy atom. The lowest BCUT2D eigenvalue weighted by atomic mass is 9.78. The van der Waals surface area contributed by atoms with Crippen LogP contribution in [0.2, 0.25) is 0 Å². The summed E-state index contributed by atoms with van der Waals surface area (Å²) in [7, 11) is -0.410. The van der Waals surface area contributed by atoms with Gasteiger partial charge in [-0.05, 0) is 57.6 Å². The largest absolute Gasteiger partial charge is 0.494 e. The van der Waals surface area contributed by atoms with Crippen LogP contribution in [0.5, 0.6) is 0 Å². The van der Waals surface area contributed by atoms with E-state index in [1.165, 1.54) is 19.3 Å². The maximum atomic E-state index is 13.0. The smallest absolute Gasteiger partial charge is 0.399 e. The number of benzene rings is 1. The molecule has 4 nitrogen and oxygen atoms in total. The van der Waals surface area contributed by atoms with Crippen LogP contribution in [0.25, 0.3) is 0 Å². The van der Waals surface area contributed by atoms with Crippen molar-refractivity contribution in [3.8, 4) is 0 Å². The number of nitrogens with zero attached hydrogens (tertiary/aromatic N) is 1. The normalized spacial score (nSPS) is 25.5. The van der Waals surface area contributed by atoms with Crippen LogP contribution in [0.1, 0.15) is 75.7 Å². The Kier molecular flexibility index (Phi) is 4.00. The molecule has 1 aromatic carbocycles. The predicted octanol–water partition coefficient (Wildman–Crippen LogP) is 3.27. The van der Waals surface area contributed by atoms with Crippen molar-refractivity contribution in [3.05, 3.63) is 29.3 Å². The number of amides is 1. The summed E-state index contributed by atoms with van der Waals surface area (Å²) in [6.07, 6.45) is 6.07. The molecular formula is C20H28BNO3. The molecule has 5 heteroatoms. The summed E-state index contributed by atoms with van der Waals surface area (Å²) in [6, 6.07) is 6.53. The van der Waals surface area contributed by atoms with E-state index in [4.69, 9.17) is 9.31 Å². The molecule has 0 bridgehead atoms. The SMILES string of the molecule is CC1(C)OB(c2ccc3c(c2)C(=O)N(C2CCCCC2)C3)OC1(C)C. The van der Waals surface area contributed by atoms with Crippen molar-refractivity contribution < 1.29 is 14.1 Å². The average molecular weight is 341 g/mol. The first kappa shape index (κ1) is 17.1. The summed E-state index contributed by atoms with van der Waals surface area (Å²) >= 11 is 0. The topological polar surface area (TPSA) is 38.8 Å². The second-order valence-corrected chi connectivity index (χ2v) is 8.73. The van der Waals surface area contributed by atoms with Gasteiger partial charge in [-0.1, -0.05) is 31.4 Å². The van der Waals surface area contributed by atoms with Crippen molar-refractivity contribution in [2.45, 2.75) is 83.6 Å². The van der Waals surface area contributed by atoms with Gasteiger partial charge in [-0.15, -0.1) is 0 Å². The Labute approximate surface area is 151 Å². The fraction of sp³-hybridized carbons (Fsp3) is 0.650. The first-order valence-electron chi connectivity index (χ1n) is 9.58. The fourth-order valence-electron chi connectivity index (χ4n) is 4.15. The number of hydrogen-bond acceptors (Lipinski definition) is 3. The van der Waals surface area contributed by atoms with Crippen molar-refractivity contribution in [1.82, 2.24) is 4.90 Å². The lowest BCUT2D eigenvalue weighted by Crippen LogP contribution is -2.41. The van der Waals surface area contributed by atoms with Gasteiger partial charge < -0.3 is 14.2 Å². The summed E-state index contributed by atoms with van der Waals surface area (Å²) in [6.45, 7) is 8.96. The molecule has 0 radical (unpaired) electrons. The molecule has 0 N–H and O–H groups in total. The van der Waals surface area contributed by atoms with Crippen LogP contribution in [0.4, 0.5) is 0 Å². The van der Waals surface area contributed by atoms with Gasteiger partial charge in [0.2, 0.25) is 0 Å². The predicted molar refractivity (Wildman–Crippen MR) is 98.9 cm³/mol. The number of fused-ring (bicyclic) bond motifs is 1. The number of carbonyl (C=O) groups is 1. The van der Waals surface area contributed by atoms with E-state index in [0.29, 0.717) is 6.04 Å². The van der Waals surface area contributed by atoms with Crippen molar-refractivity contribution in [2.75, 3.05) is 0 Å². The monoisotopic (exact) mass is 341 g/mol. The average Bonchev–Trinajstić information content (AvgIpc) is 3.01. The summed E-state index contributed by atoms with van der Waals surface area (Å²) in [5.41, 5.74) is 2.17. The van der Waals surface area contributed by atoms with E-state index in [-0.39, 0.29) is 17.1 Å². The molecule has 4 rings (SSSR count). The molecule has 25 heavy (non-hydrogen) atoms. The molecule has 0 unspecified atom stereocenters. The van der Waals surface area contributed by atoms with E-state index in [1.54, 1.807) is 0 Å². The molecule has 2 aliphatic heterocycles. The highest BCUT2D eigenvalue weighted by Crippen LogP contribution is 2.37. The molecule has 2 heterocycles. The van der Waals surface area contributed by atoms with Crippen molar-refractivity contribution >= 4 is 18.5 Å². The van der Waals surface area contributed by atoms with Gasteiger partial charge in [-0.25, -0.2) is 0 Å². The van der Waals surface area contributed by atoms with Crippen molar-refractivity contribution in [1.29, 1.82) is 0 Å². The second kappa shape index (κ2) is 5.85. The van der Waals surface area contributed by atoms with Crippen LogP contribution >= 0.6 is 0 Å². The summed E-state index contributed by atoms with van der Waals surface area (Å²) < 4.78 is 12.3. The maximum Gasteiger partial charge on any atom is 0.494 e. The molecule has 2 fully saturated rings. The zero-order valence-corrected chi connectivity index (χ0v) is 15.8. The van der Waals surface area contributed by atoms with E-state index in [0.717, 1.165) is 36.0 Å². The molecule has 3 aliphatic rings. The molecule has 0 atom stereocenters. The lowest BCUT2D eigenvalue weighted by Gasteiger charge is -2.32. The van der Waals surface area contributed by atoms with E-state index < -0.39 is 7.12 Å². The Hall–Kier alpha value is -1.33. The molecule has 134 valence electrons. The molecular weight excluding hydrogens is 313 g/mol. The van der Waals surface area contributed by atoms with Gasteiger partial charge in [-0.2, -0.15) is 0 Å². The summed E-state index contributed by atoms with van der Waals surface area (Å²) in [5, 5.41) is 0. The standard InChI is InChI=1S/C20H28BNO3/c1-19(2)20(3,4)25-21(24-19)15-11-10-14-13-22(18(23)17(14)12-15)16-8-6-5-7-9-16/h10-12,16H,5-9,13H2,1-4H3. The minimum absolute atomic E-state index is 0.181. The first-order valence-corrected chi connectivity index (χ1v) is 9.58. The Bertz CT molecular complexity index is 678. The van der Waals surface area contributed by atoms with Crippen LogP contribution in [-0.2, 0) is 15.9 Å². The van der Waals surface area contributed by atoms with E-state index in [2.05, 4.69) is 44.7 Å². The van der Waals surface area contributed by atoms with Crippen LogP contribution in [-0.4, -0.2) is 35.2 Å². The fourth-order valence-corrected chi connectivity index (χ4v) is 4.15. The minimum atomic E-state index is -0.410. The van der Waals surface area contributed by atoms with Gasteiger partial charge >= 0.3 is 7.12 Å². The zero-order valence-electron chi connectivity index (χ0n) is 15.8. The molecule has 1 amide bonds. The zero-order chi connectivity index (χ0) is 17.8. The first-order chi connectivity index (χ1) is 11.8. The Morgan fingerprint density at radius 2 is 1.68 bits per heavy atom. The quantitative estimate of drug-likeness (QED) is 0.775. The highest BCUT2D eigenvalue weighted by molar-refractivity contribution is 6.62. The molecule has 1 saturated carbocycles. The third-order valence-electron chi connectivity index (χ3n) is 6.51. The van der Waals surface area contributed by atoms with Crippen LogP contribution in [0.15, 0.2) is 18.2 Å². The van der Waals surface area contributed by atoms with E-state index in [9.17, 15) is 4.79 Å².